The van der Waals surface area contributed by atoms with Crippen molar-refractivity contribution in [1.29, 1.82) is 0 Å². The van der Waals surface area contributed by atoms with Gasteiger partial charge < -0.3 is 15.2 Å². The van der Waals surface area contributed by atoms with Crippen LogP contribution in [0.25, 0.3) is 0 Å². The molecular formula is C20H29NO2. The van der Waals surface area contributed by atoms with Gasteiger partial charge >= 0.3 is 0 Å². The van der Waals surface area contributed by atoms with Gasteiger partial charge in [0.1, 0.15) is 17.3 Å². The molecule has 1 unspecified atom stereocenters. The minimum atomic E-state index is 0.198. The summed E-state index contributed by atoms with van der Waals surface area (Å²) in [5.74, 6) is 1.63. The lowest BCUT2D eigenvalue weighted by molar-refractivity contribution is 0.248. The Balaban J connectivity index is 2.62. The molecule has 1 aliphatic heterocycles. The Bertz CT molecular complexity index is 564. The summed E-state index contributed by atoms with van der Waals surface area (Å²) < 4.78 is 5.80. The number of allylic oxidation sites excluding steroid dienone is 5. The maximum absolute atomic E-state index is 10.2. The van der Waals surface area contributed by atoms with Crippen LogP contribution in [0.5, 0.6) is 0 Å². The van der Waals surface area contributed by atoms with Gasteiger partial charge in [-0.15, -0.1) is 0 Å². The van der Waals surface area contributed by atoms with Gasteiger partial charge in [-0.05, 0) is 37.5 Å². The monoisotopic (exact) mass is 315 g/mol. The summed E-state index contributed by atoms with van der Waals surface area (Å²) >= 11 is 0. The molecule has 23 heavy (non-hydrogen) atoms. The molecular weight excluding hydrogens is 286 g/mol. The molecule has 0 fully saturated rings. The molecule has 1 aliphatic rings. The first-order valence-corrected chi connectivity index (χ1v) is 8.20. The lowest BCUT2D eigenvalue weighted by Gasteiger charge is -2.24. The third kappa shape index (κ3) is 5.51. The van der Waals surface area contributed by atoms with Gasteiger partial charge in [0.2, 0.25) is 0 Å². The normalized spacial score (nSPS) is 16.1. The van der Waals surface area contributed by atoms with E-state index >= 15 is 0 Å². The van der Waals surface area contributed by atoms with Crippen LogP contribution in [0.15, 0.2) is 72.2 Å². The Labute approximate surface area is 140 Å². The Morgan fingerprint density at radius 3 is 2.61 bits per heavy atom. The van der Waals surface area contributed by atoms with Crippen molar-refractivity contribution in [3.05, 3.63) is 72.2 Å². The van der Waals surface area contributed by atoms with Crippen LogP contribution in [0.3, 0.4) is 0 Å². The molecule has 0 aliphatic carbocycles. The van der Waals surface area contributed by atoms with E-state index in [0.717, 1.165) is 42.7 Å². The predicted octanol–water partition coefficient (Wildman–Crippen LogP) is 5.64. The van der Waals surface area contributed by atoms with Crippen molar-refractivity contribution < 1.29 is 9.84 Å². The zero-order valence-electron chi connectivity index (χ0n) is 14.6. The van der Waals surface area contributed by atoms with Crippen LogP contribution in [0, 0.1) is 5.92 Å². The lowest BCUT2D eigenvalue weighted by atomic mass is 9.96. The summed E-state index contributed by atoms with van der Waals surface area (Å²) in [6, 6.07) is 0. The molecule has 1 rings (SSSR count). The molecule has 0 spiro atoms. The summed E-state index contributed by atoms with van der Waals surface area (Å²) in [7, 11) is 0. The van der Waals surface area contributed by atoms with Crippen molar-refractivity contribution in [2.75, 3.05) is 0 Å². The van der Waals surface area contributed by atoms with E-state index in [1.54, 1.807) is 6.08 Å². The van der Waals surface area contributed by atoms with Crippen LogP contribution >= 0.6 is 0 Å². The third-order valence-electron chi connectivity index (χ3n) is 3.92. The van der Waals surface area contributed by atoms with Gasteiger partial charge in [0.05, 0.1) is 5.57 Å². The second kappa shape index (κ2) is 9.09. The molecule has 0 aromatic rings. The lowest BCUT2D eigenvalue weighted by Crippen LogP contribution is -2.12. The number of hydrogen-bond donors (Lipinski definition) is 2. The van der Waals surface area contributed by atoms with E-state index in [1.165, 1.54) is 0 Å². The van der Waals surface area contributed by atoms with Crippen LogP contribution in [0.4, 0.5) is 0 Å². The summed E-state index contributed by atoms with van der Waals surface area (Å²) in [6.07, 6.45) is 9.20. The van der Waals surface area contributed by atoms with Gasteiger partial charge in [-0.1, -0.05) is 46.6 Å². The van der Waals surface area contributed by atoms with E-state index in [2.05, 4.69) is 45.0 Å². The zero-order valence-corrected chi connectivity index (χ0v) is 14.6. The van der Waals surface area contributed by atoms with Crippen molar-refractivity contribution >= 4 is 0 Å². The van der Waals surface area contributed by atoms with Gasteiger partial charge in [-0.25, -0.2) is 0 Å². The Morgan fingerprint density at radius 1 is 1.35 bits per heavy atom. The fourth-order valence-electron chi connectivity index (χ4n) is 2.22. The first-order valence-electron chi connectivity index (χ1n) is 8.20. The highest BCUT2D eigenvalue weighted by molar-refractivity contribution is 5.49. The van der Waals surface area contributed by atoms with Gasteiger partial charge in [-0.3, -0.25) is 0 Å². The van der Waals surface area contributed by atoms with Gasteiger partial charge in [-0.2, -0.15) is 0 Å². The first kappa shape index (κ1) is 18.9. The fourth-order valence-corrected chi connectivity index (χ4v) is 2.22. The summed E-state index contributed by atoms with van der Waals surface area (Å²) in [6.45, 7) is 17.9. The third-order valence-corrected chi connectivity index (χ3v) is 3.92. The quantitative estimate of drug-likeness (QED) is 0.579. The number of ether oxygens (including phenoxy) is 1. The van der Waals surface area contributed by atoms with Crippen molar-refractivity contribution in [2.45, 2.75) is 46.5 Å². The highest BCUT2D eigenvalue weighted by Gasteiger charge is 2.22. The van der Waals surface area contributed by atoms with E-state index in [0.29, 0.717) is 11.3 Å². The molecule has 0 radical (unpaired) electrons. The van der Waals surface area contributed by atoms with Crippen LogP contribution < -0.4 is 5.32 Å². The maximum atomic E-state index is 10.2. The first-order chi connectivity index (χ1) is 10.9. The minimum Gasteiger partial charge on any atom is -0.507 e. The second-order valence-corrected chi connectivity index (χ2v) is 5.77. The molecule has 1 heterocycles. The van der Waals surface area contributed by atoms with Gasteiger partial charge in [0.15, 0.2) is 0 Å². The minimum absolute atomic E-state index is 0.198. The van der Waals surface area contributed by atoms with E-state index < -0.39 is 0 Å². The van der Waals surface area contributed by atoms with Crippen LogP contribution in [0.2, 0.25) is 0 Å². The van der Waals surface area contributed by atoms with Gasteiger partial charge in [0.25, 0.3) is 0 Å². The van der Waals surface area contributed by atoms with E-state index in [9.17, 15) is 5.11 Å². The van der Waals surface area contributed by atoms with E-state index in [4.69, 9.17) is 4.74 Å². The van der Waals surface area contributed by atoms with Gasteiger partial charge in [0, 0.05) is 17.7 Å². The van der Waals surface area contributed by atoms with Crippen molar-refractivity contribution in [3.63, 3.8) is 0 Å². The smallest absolute Gasteiger partial charge is 0.130 e. The van der Waals surface area contributed by atoms with Crippen molar-refractivity contribution in [3.8, 4) is 0 Å². The SMILES string of the molecule is C=C(CC)N/C=C/CCC(C)C1=CC(O)=C(C(=C)CC)C(=C)O1. The molecule has 0 amide bonds. The Hall–Kier alpha value is -2.16. The topological polar surface area (TPSA) is 41.5 Å². The standard InChI is InChI=1S/C20H29NO2/c1-7-14(3)20-17(6)23-19(13-18(20)22)15(4)11-9-10-12-21-16(5)8-2/h10,12-13,15,21-22H,3,5-9,11H2,1-2,4H3/b12-10+. The molecule has 0 saturated carbocycles. The number of nitrogens with one attached hydrogen (secondary N) is 1. The predicted molar refractivity (Wildman–Crippen MR) is 97.5 cm³/mol. The summed E-state index contributed by atoms with van der Waals surface area (Å²) in [5.41, 5.74) is 2.47. The van der Waals surface area contributed by atoms with Crippen molar-refractivity contribution in [1.82, 2.24) is 5.32 Å². The van der Waals surface area contributed by atoms with E-state index in [1.807, 2.05) is 13.1 Å². The molecule has 126 valence electrons. The van der Waals surface area contributed by atoms with Crippen molar-refractivity contribution in [2.24, 2.45) is 5.92 Å². The van der Waals surface area contributed by atoms with Crippen LogP contribution in [0.1, 0.15) is 46.5 Å². The fraction of sp³-hybridized carbons (Fsp3) is 0.400. The highest BCUT2D eigenvalue weighted by Crippen LogP contribution is 2.33. The molecule has 1 atom stereocenters. The Kier molecular flexibility index (Phi) is 7.46. The Morgan fingerprint density at radius 2 is 2.04 bits per heavy atom. The largest absolute Gasteiger partial charge is 0.507 e. The molecule has 3 nitrogen and oxygen atoms in total. The molecule has 2 N–H and O–H groups in total. The van der Waals surface area contributed by atoms with E-state index in [-0.39, 0.29) is 11.7 Å². The number of aliphatic hydroxyl groups excluding tert-OH is 1. The zero-order chi connectivity index (χ0) is 17.4. The summed E-state index contributed by atoms with van der Waals surface area (Å²) in [5, 5.41) is 13.4. The molecule has 0 saturated heterocycles. The average Bonchev–Trinajstić information content (AvgIpc) is 2.52. The number of aliphatic hydroxyl groups is 1. The highest BCUT2D eigenvalue weighted by atomic mass is 16.5. The van der Waals surface area contributed by atoms with Crippen LogP contribution in [-0.4, -0.2) is 5.11 Å². The molecule has 0 aromatic carbocycles. The second-order valence-electron chi connectivity index (χ2n) is 5.77. The average molecular weight is 315 g/mol. The molecule has 0 aromatic heterocycles. The molecule has 3 heteroatoms. The number of rotatable bonds is 9. The number of hydrogen-bond acceptors (Lipinski definition) is 3. The van der Waals surface area contributed by atoms with Crippen LogP contribution in [-0.2, 0) is 4.74 Å². The summed E-state index contributed by atoms with van der Waals surface area (Å²) in [4.78, 5) is 0. The molecule has 0 bridgehead atoms. The maximum Gasteiger partial charge on any atom is 0.130 e.